The molecule has 12 heteroatoms. The van der Waals surface area contributed by atoms with Crippen molar-refractivity contribution in [3.63, 3.8) is 0 Å². The number of aryl methyl sites for hydroxylation is 1. The van der Waals surface area contributed by atoms with Crippen LogP contribution in [-0.2, 0) is 27.1 Å². The summed E-state index contributed by atoms with van der Waals surface area (Å²) in [4.78, 5) is 34.7. The fourth-order valence-corrected chi connectivity index (χ4v) is 6.35. The number of nitrogens with zero attached hydrogens (tertiary/aromatic N) is 7. The number of aromatic nitrogens is 5. The molecule has 7 rings (SSSR count). The molecule has 3 aromatic rings. The largest absolute Gasteiger partial charge is 0.459 e. The minimum atomic E-state index is -0.478. The molecule has 0 bridgehead atoms. The monoisotopic (exact) mass is 533 g/mol. The third-order valence-corrected chi connectivity index (χ3v) is 8.37. The van der Waals surface area contributed by atoms with Gasteiger partial charge in [-0.2, -0.15) is 4.68 Å². The van der Waals surface area contributed by atoms with E-state index in [1.165, 1.54) is 11.0 Å². The number of hydrogen-bond donors (Lipinski definition) is 0. The quantitative estimate of drug-likeness (QED) is 0.463. The Hall–Kier alpha value is -3.77. The van der Waals surface area contributed by atoms with Gasteiger partial charge in [-0.25, -0.2) is 14.2 Å². The number of pyridine rings is 1. The molecular weight excluding hydrogens is 505 g/mol. The van der Waals surface area contributed by atoms with Crippen LogP contribution in [0.2, 0.25) is 0 Å². The number of amides is 1. The lowest BCUT2D eigenvalue weighted by atomic mass is 9.93. The van der Waals surface area contributed by atoms with Crippen molar-refractivity contribution in [3.05, 3.63) is 64.4 Å². The Morgan fingerprint density at radius 1 is 1.13 bits per heavy atom. The highest BCUT2D eigenvalue weighted by Gasteiger charge is 2.40. The van der Waals surface area contributed by atoms with E-state index < -0.39 is 12.1 Å². The first-order chi connectivity index (χ1) is 19.0. The molecule has 1 aliphatic carbocycles. The van der Waals surface area contributed by atoms with Gasteiger partial charge in [-0.1, -0.05) is 12.1 Å². The second-order valence-corrected chi connectivity index (χ2v) is 10.7. The SMILES string of the molecule is C[C@H]1Cc2c(ccc([C@@H]3CN4CCN(C(=O)C5CCc6nc(-n7cnnn7)ccc65)C[C@H]4CO3)c2F)C(=O)O1. The van der Waals surface area contributed by atoms with E-state index in [0.717, 1.165) is 24.1 Å². The third kappa shape index (κ3) is 4.18. The lowest BCUT2D eigenvalue weighted by Crippen LogP contribution is -2.60. The highest BCUT2D eigenvalue weighted by molar-refractivity contribution is 5.92. The maximum absolute atomic E-state index is 15.5. The average Bonchev–Trinajstić information content (AvgIpc) is 3.63. The first kappa shape index (κ1) is 24.3. The summed E-state index contributed by atoms with van der Waals surface area (Å²) in [6.45, 7) is 4.59. The molecule has 4 aliphatic rings. The van der Waals surface area contributed by atoms with Gasteiger partial charge in [0.1, 0.15) is 18.2 Å². The molecule has 0 saturated carbocycles. The number of carbonyl (C=O) groups excluding carboxylic acids is 2. The Morgan fingerprint density at radius 2 is 2.00 bits per heavy atom. The van der Waals surface area contributed by atoms with Crippen LogP contribution in [0.15, 0.2) is 30.6 Å². The summed E-state index contributed by atoms with van der Waals surface area (Å²) in [5.41, 5.74) is 3.07. The van der Waals surface area contributed by atoms with Crippen molar-refractivity contribution in [2.24, 2.45) is 0 Å². The molecular formula is C27H28FN7O4. The molecule has 2 saturated heterocycles. The van der Waals surface area contributed by atoms with Crippen LogP contribution in [0.5, 0.6) is 0 Å². The van der Waals surface area contributed by atoms with E-state index in [-0.39, 0.29) is 29.8 Å². The van der Waals surface area contributed by atoms with Gasteiger partial charge in [0, 0.05) is 49.4 Å². The van der Waals surface area contributed by atoms with E-state index in [2.05, 4.69) is 25.4 Å². The molecule has 5 heterocycles. The molecule has 1 aromatic carbocycles. The topological polar surface area (TPSA) is 116 Å². The van der Waals surface area contributed by atoms with Crippen molar-refractivity contribution in [1.29, 1.82) is 0 Å². The lowest BCUT2D eigenvalue weighted by Gasteiger charge is -2.46. The van der Waals surface area contributed by atoms with E-state index >= 15 is 4.39 Å². The number of rotatable bonds is 3. The molecule has 0 N–H and O–H groups in total. The summed E-state index contributed by atoms with van der Waals surface area (Å²) in [5.74, 6) is -0.301. The second kappa shape index (κ2) is 9.45. The summed E-state index contributed by atoms with van der Waals surface area (Å²) in [5, 5.41) is 11.2. The number of tetrazole rings is 1. The van der Waals surface area contributed by atoms with Crippen LogP contribution in [0.25, 0.3) is 5.82 Å². The number of piperazine rings is 1. The minimum absolute atomic E-state index is 0.0517. The van der Waals surface area contributed by atoms with Crippen molar-refractivity contribution in [1.82, 2.24) is 35.0 Å². The molecule has 2 aromatic heterocycles. The summed E-state index contributed by atoms with van der Waals surface area (Å²) in [6, 6.07) is 7.15. The van der Waals surface area contributed by atoms with Gasteiger partial charge in [-0.15, -0.1) is 5.10 Å². The van der Waals surface area contributed by atoms with E-state index in [9.17, 15) is 9.59 Å². The van der Waals surface area contributed by atoms with Crippen molar-refractivity contribution < 1.29 is 23.5 Å². The Labute approximate surface area is 223 Å². The van der Waals surface area contributed by atoms with Gasteiger partial charge in [-0.3, -0.25) is 9.69 Å². The van der Waals surface area contributed by atoms with E-state index in [4.69, 9.17) is 9.47 Å². The van der Waals surface area contributed by atoms with Crippen molar-refractivity contribution in [3.8, 4) is 5.82 Å². The fourth-order valence-electron chi connectivity index (χ4n) is 6.35. The highest BCUT2D eigenvalue weighted by atomic mass is 19.1. The van der Waals surface area contributed by atoms with Gasteiger partial charge >= 0.3 is 5.97 Å². The summed E-state index contributed by atoms with van der Waals surface area (Å²) in [6.07, 6.45) is 2.54. The maximum Gasteiger partial charge on any atom is 0.338 e. The van der Waals surface area contributed by atoms with Crippen molar-refractivity contribution >= 4 is 11.9 Å². The van der Waals surface area contributed by atoms with Crippen molar-refractivity contribution in [2.75, 3.05) is 32.8 Å². The number of fused-ring (bicyclic) bond motifs is 3. The van der Waals surface area contributed by atoms with Crippen LogP contribution in [-0.4, -0.2) is 91.8 Å². The van der Waals surface area contributed by atoms with Gasteiger partial charge in [0.05, 0.1) is 30.2 Å². The molecule has 3 aliphatic heterocycles. The molecule has 202 valence electrons. The summed E-state index contributed by atoms with van der Waals surface area (Å²) < 4.78 is 28.4. The smallest absolute Gasteiger partial charge is 0.338 e. The zero-order valence-corrected chi connectivity index (χ0v) is 21.5. The molecule has 4 atom stereocenters. The Bertz CT molecular complexity index is 1450. The normalized spacial score (nSPS) is 26.5. The second-order valence-electron chi connectivity index (χ2n) is 10.7. The van der Waals surface area contributed by atoms with E-state index in [0.29, 0.717) is 61.7 Å². The Balaban J connectivity index is 1.02. The van der Waals surface area contributed by atoms with Crippen LogP contribution < -0.4 is 0 Å². The molecule has 39 heavy (non-hydrogen) atoms. The Morgan fingerprint density at radius 3 is 2.85 bits per heavy atom. The zero-order valence-electron chi connectivity index (χ0n) is 21.5. The van der Waals surface area contributed by atoms with Crippen LogP contribution in [0.3, 0.4) is 0 Å². The predicted molar refractivity (Wildman–Crippen MR) is 134 cm³/mol. The molecule has 1 amide bonds. The van der Waals surface area contributed by atoms with Crippen LogP contribution >= 0.6 is 0 Å². The molecule has 0 radical (unpaired) electrons. The number of halogens is 1. The first-order valence-electron chi connectivity index (χ1n) is 13.4. The maximum atomic E-state index is 15.5. The van der Waals surface area contributed by atoms with Gasteiger partial charge in [0.15, 0.2) is 5.82 Å². The number of esters is 1. The first-order valence-corrected chi connectivity index (χ1v) is 13.4. The van der Waals surface area contributed by atoms with Gasteiger partial charge in [-0.05, 0) is 47.9 Å². The summed E-state index contributed by atoms with van der Waals surface area (Å²) >= 11 is 0. The molecule has 0 spiro atoms. The lowest BCUT2D eigenvalue weighted by molar-refractivity contribution is -0.141. The molecule has 1 unspecified atom stereocenters. The zero-order chi connectivity index (χ0) is 26.7. The minimum Gasteiger partial charge on any atom is -0.459 e. The average molecular weight is 534 g/mol. The van der Waals surface area contributed by atoms with Gasteiger partial charge in [0.2, 0.25) is 5.91 Å². The van der Waals surface area contributed by atoms with E-state index in [1.807, 2.05) is 17.0 Å². The van der Waals surface area contributed by atoms with Crippen molar-refractivity contribution in [2.45, 2.75) is 50.4 Å². The third-order valence-electron chi connectivity index (χ3n) is 8.37. The fraction of sp³-hybridized carbons (Fsp3) is 0.481. The van der Waals surface area contributed by atoms with Crippen LogP contribution in [0.1, 0.15) is 58.1 Å². The number of hydrogen-bond acceptors (Lipinski definition) is 9. The van der Waals surface area contributed by atoms with Gasteiger partial charge < -0.3 is 14.4 Å². The van der Waals surface area contributed by atoms with Gasteiger partial charge in [0.25, 0.3) is 0 Å². The summed E-state index contributed by atoms with van der Waals surface area (Å²) in [7, 11) is 0. The highest BCUT2D eigenvalue weighted by Crippen LogP contribution is 2.36. The number of morpholine rings is 1. The Kier molecular flexibility index (Phi) is 5.89. The van der Waals surface area contributed by atoms with E-state index in [1.54, 1.807) is 19.1 Å². The predicted octanol–water partition coefficient (Wildman–Crippen LogP) is 1.61. The number of ether oxygens (including phenoxy) is 2. The molecule has 2 fully saturated rings. The number of cyclic esters (lactones) is 1. The standard InChI is InChI=1S/C27H28FN7O4/c1-15-10-21-19(27(37)39-15)2-3-20(25(21)28)23-12-33-8-9-34(11-16(33)13-38-23)26(36)18-4-6-22-17(18)5-7-24(30-22)35-14-29-31-32-35/h2-3,5,7,14-16,18,23H,4,6,8-13H2,1H3/t15-,16-,18?,23-/m0/s1. The number of benzene rings is 1. The van der Waals surface area contributed by atoms with Crippen LogP contribution in [0, 0.1) is 5.82 Å². The molecule has 11 nitrogen and oxygen atoms in total. The van der Waals surface area contributed by atoms with Crippen LogP contribution in [0.4, 0.5) is 4.39 Å². The number of carbonyl (C=O) groups is 2.